The van der Waals surface area contributed by atoms with Crippen LogP contribution in [0.1, 0.15) is 25.3 Å². The van der Waals surface area contributed by atoms with E-state index in [1.165, 1.54) is 29.5 Å². The molecule has 2 heterocycles. The van der Waals surface area contributed by atoms with Gasteiger partial charge in [-0.05, 0) is 51.1 Å². The lowest BCUT2D eigenvalue weighted by atomic mass is 9.84. The van der Waals surface area contributed by atoms with Gasteiger partial charge in [0.2, 0.25) is 0 Å². The van der Waals surface area contributed by atoms with Crippen LogP contribution in [-0.4, -0.2) is 57.0 Å². The minimum atomic E-state index is -1.71. The van der Waals surface area contributed by atoms with Crippen LogP contribution < -0.4 is 4.90 Å². The molecule has 4 rings (SSSR count). The van der Waals surface area contributed by atoms with Crippen molar-refractivity contribution in [2.24, 2.45) is 0 Å². The summed E-state index contributed by atoms with van der Waals surface area (Å²) in [5.74, 6) is -1.90. The molecule has 10 heteroatoms. The summed E-state index contributed by atoms with van der Waals surface area (Å²) in [4.78, 5) is 7.89. The van der Waals surface area contributed by atoms with Crippen LogP contribution in [0.25, 0.3) is 0 Å². The highest BCUT2D eigenvalue weighted by molar-refractivity contribution is 6.30. The molecule has 182 valence electrons. The van der Waals surface area contributed by atoms with Crippen molar-refractivity contribution >= 4 is 17.3 Å². The third kappa shape index (κ3) is 4.92. The van der Waals surface area contributed by atoms with Gasteiger partial charge in [0, 0.05) is 41.8 Å². The molecule has 0 spiro atoms. The largest absolute Gasteiger partial charge is 0.381 e. The maximum atomic E-state index is 14.8. The van der Waals surface area contributed by atoms with Gasteiger partial charge in [0.15, 0.2) is 0 Å². The number of aliphatic hydroxyl groups is 1. The van der Waals surface area contributed by atoms with Gasteiger partial charge in [0.1, 0.15) is 35.7 Å². The van der Waals surface area contributed by atoms with Crippen LogP contribution in [0.3, 0.4) is 0 Å². The van der Waals surface area contributed by atoms with Gasteiger partial charge < -0.3 is 10.0 Å². The Bertz CT molecular complexity index is 1120. The molecule has 2 atom stereocenters. The number of piperidine rings is 1. The quantitative estimate of drug-likeness (QED) is 0.534. The Labute approximate surface area is 201 Å². The van der Waals surface area contributed by atoms with Gasteiger partial charge in [0.25, 0.3) is 0 Å². The Balaban J connectivity index is 1.54. The van der Waals surface area contributed by atoms with E-state index in [4.69, 9.17) is 11.6 Å². The summed E-state index contributed by atoms with van der Waals surface area (Å²) in [7, 11) is 1.88. The lowest BCUT2D eigenvalue weighted by Crippen LogP contribution is -2.55. The fourth-order valence-electron chi connectivity index (χ4n) is 4.75. The number of halogens is 4. The fraction of sp³-hybridized carbons (Fsp3) is 0.417. The van der Waals surface area contributed by atoms with Crippen LogP contribution in [0.15, 0.2) is 49.1 Å². The van der Waals surface area contributed by atoms with E-state index in [-0.39, 0.29) is 24.0 Å². The third-order valence-corrected chi connectivity index (χ3v) is 7.10. The number of rotatable bonds is 7. The number of anilines is 1. The van der Waals surface area contributed by atoms with Gasteiger partial charge in [-0.1, -0.05) is 17.7 Å². The highest BCUT2D eigenvalue weighted by atomic mass is 35.5. The van der Waals surface area contributed by atoms with Gasteiger partial charge in [-0.15, -0.1) is 0 Å². The van der Waals surface area contributed by atoms with Gasteiger partial charge in [-0.2, -0.15) is 5.10 Å². The molecule has 0 aliphatic carbocycles. The maximum Gasteiger partial charge on any atom is 0.147 e. The minimum absolute atomic E-state index is 0.00980. The zero-order valence-electron chi connectivity index (χ0n) is 19.0. The second kappa shape index (κ2) is 9.93. The Morgan fingerprint density at radius 3 is 2.50 bits per heavy atom. The molecule has 6 nitrogen and oxygen atoms in total. The molecular weight excluding hydrogens is 467 g/mol. The van der Waals surface area contributed by atoms with Gasteiger partial charge in [-0.3, -0.25) is 4.90 Å². The monoisotopic (exact) mass is 493 g/mol. The molecule has 2 aromatic carbocycles. The number of likely N-dealkylation sites (N-methyl/N-ethyl adjacent to an activating group) is 1. The topological polar surface area (TPSA) is 57.4 Å². The van der Waals surface area contributed by atoms with E-state index in [1.807, 2.05) is 23.8 Å². The predicted molar refractivity (Wildman–Crippen MR) is 124 cm³/mol. The van der Waals surface area contributed by atoms with Crippen LogP contribution in [0, 0.1) is 17.5 Å². The molecular formula is C24H27ClF3N5O. The first-order valence-electron chi connectivity index (χ1n) is 11.1. The lowest BCUT2D eigenvalue weighted by Gasteiger charge is -2.45. The molecule has 1 saturated heterocycles. The Hall–Kier alpha value is -2.62. The van der Waals surface area contributed by atoms with Crippen molar-refractivity contribution in [1.82, 2.24) is 19.7 Å². The number of hydrogen-bond acceptors (Lipinski definition) is 5. The molecule has 34 heavy (non-hydrogen) atoms. The van der Waals surface area contributed by atoms with Crippen molar-refractivity contribution in [2.75, 3.05) is 25.0 Å². The molecule has 0 bridgehead atoms. The van der Waals surface area contributed by atoms with Crippen molar-refractivity contribution in [3.05, 3.63) is 77.1 Å². The van der Waals surface area contributed by atoms with Crippen LogP contribution in [-0.2, 0) is 12.1 Å². The molecule has 0 unspecified atom stereocenters. The summed E-state index contributed by atoms with van der Waals surface area (Å²) in [5.41, 5.74) is -1.21. The second-order valence-corrected chi connectivity index (χ2v) is 9.23. The molecule has 1 aliphatic rings. The first-order chi connectivity index (χ1) is 16.2. The Morgan fingerprint density at radius 2 is 1.88 bits per heavy atom. The highest BCUT2D eigenvalue weighted by Gasteiger charge is 2.43. The predicted octanol–water partition coefficient (Wildman–Crippen LogP) is 4.23. The van der Waals surface area contributed by atoms with E-state index in [1.54, 1.807) is 12.1 Å². The average molecular weight is 494 g/mol. The molecule has 1 aromatic heterocycles. The van der Waals surface area contributed by atoms with Gasteiger partial charge in [0.05, 0.1) is 12.2 Å². The Kier molecular flexibility index (Phi) is 7.16. The SMILES string of the molecule is C[C@@H](N(C)C1CCN(c2ccc(Cl)cc2F)CC1)[C@](O)(Cn1cncn1)c1ccc(F)cc1F. The summed E-state index contributed by atoms with van der Waals surface area (Å²) >= 11 is 5.87. The average Bonchev–Trinajstić information content (AvgIpc) is 3.31. The third-order valence-electron chi connectivity index (χ3n) is 6.86. The molecule has 3 aromatic rings. The molecule has 1 N–H and O–H groups in total. The van der Waals surface area contributed by atoms with E-state index in [0.717, 1.165) is 12.1 Å². The van der Waals surface area contributed by atoms with E-state index in [2.05, 4.69) is 10.1 Å². The molecule has 0 saturated carbocycles. The number of benzene rings is 2. The number of hydrogen-bond donors (Lipinski definition) is 1. The second-order valence-electron chi connectivity index (χ2n) is 8.80. The standard InChI is InChI=1S/C24H27ClF3N5O/c1-16(24(34,13-33-15-29-14-30-33)20-5-4-18(26)12-21(20)27)31(2)19-7-9-32(10-8-19)23-6-3-17(25)11-22(23)28/h3-6,11-12,14-16,19,34H,7-10,13H2,1-2H3/t16-,24-/m1/s1. The van der Waals surface area contributed by atoms with Gasteiger partial charge in [-0.25, -0.2) is 22.8 Å². The van der Waals surface area contributed by atoms with Crippen LogP contribution >= 0.6 is 11.6 Å². The van der Waals surface area contributed by atoms with Crippen LogP contribution in [0.4, 0.5) is 18.9 Å². The fourth-order valence-corrected chi connectivity index (χ4v) is 4.91. The van der Waals surface area contributed by atoms with Crippen molar-refractivity contribution in [3.8, 4) is 0 Å². The molecule has 1 fully saturated rings. The first-order valence-corrected chi connectivity index (χ1v) is 11.5. The zero-order chi connectivity index (χ0) is 24.5. The van der Waals surface area contributed by atoms with Crippen molar-refractivity contribution < 1.29 is 18.3 Å². The Morgan fingerprint density at radius 1 is 1.15 bits per heavy atom. The van der Waals surface area contributed by atoms with Crippen molar-refractivity contribution in [1.29, 1.82) is 0 Å². The summed E-state index contributed by atoms with van der Waals surface area (Å²) < 4.78 is 44.2. The number of nitrogens with zero attached hydrogens (tertiary/aromatic N) is 5. The summed E-state index contributed by atoms with van der Waals surface area (Å²) in [6, 6.07) is 7.34. The first kappa shape index (κ1) is 24.5. The molecule has 1 aliphatic heterocycles. The smallest absolute Gasteiger partial charge is 0.147 e. The van der Waals surface area contributed by atoms with E-state index < -0.39 is 23.3 Å². The minimum Gasteiger partial charge on any atom is -0.381 e. The molecule has 0 radical (unpaired) electrons. The summed E-state index contributed by atoms with van der Waals surface area (Å²) in [6.07, 6.45) is 4.21. The van der Waals surface area contributed by atoms with E-state index in [0.29, 0.717) is 36.6 Å². The lowest BCUT2D eigenvalue weighted by molar-refractivity contribution is -0.0697. The van der Waals surface area contributed by atoms with E-state index >= 15 is 0 Å². The van der Waals surface area contributed by atoms with Crippen LogP contribution in [0.5, 0.6) is 0 Å². The number of aromatic nitrogens is 3. The molecule has 0 amide bonds. The maximum absolute atomic E-state index is 14.8. The van der Waals surface area contributed by atoms with Crippen molar-refractivity contribution in [2.45, 2.75) is 44.0 Å². The highest BCUT2D eigenvalue weighted by Crippen LogP contribution is 2.35. The summed E-state index contributed by atoms with van der Waals surface area (Å²) in [6.45, 7) is 2.99. The normalized spacial score (nSPS) is 17.7. The zero-order valence-corrected chi connectivity index (χ0v) is 19.8. The summed E-state index contributed by atoms with van der Waals surface area (Å²) in [5, 5.41) is 16.2. The van der Waals surface area contributed by atoms with Crippen molar-refractivity contribution in [3.63, 3.8) is 0 Å². The van der Waals surface area contributed by atoms with E-state index in [9.17, 15) is 18.3 Å². The van der Waals surface area contributed by atoms with Crippen LogP contribution in [0.2, 0.25) is 5.02 Å². The van der Waals surface area contributed by atoms with Gasteiger partial charge >= 0.3 is 0 Å².